The Hall–Kier alpha value is -1.50. The van der Waals surface area contributed by atoms with E-state index in [9.17, 15) is 23.3 Å². The third-order valence-electron chi connectivity index (χ3n) is 1.83. The van der Waals surface area contributed by atoms with E-state index >= 15 is 0 Å². The molecule has 0 heterocycles. The molecule has 0 aliphatic carbocycles. The van der Waals surface area contributed by atoms with E-state index in [-0.39, 0.29) is 5.02 Å². The Bertz CT molecular complexity index is 434. The summed E-state index contributed by atoms with van der Waals surface area (Å²) in [7, 11) is 1.17. The van der Waals surface area contributed by atoms with Gasteiger partial charge < -0.3 is 5.32 Å². The Labute approximate surface area is 93.2 Å². The van der Waals surface area contributed by atoms with Crippen LogP contribution in [0.4, 0.5) is 24.5 Å². The lowest BCUT2D eigenvalue weighted by atomic mass is 10.1. The first-order valence-corrected chi connectivity index (χ1v) is 4.38. The molecule has 0 bridgehead atoms. The minimum absolute atomic E-state index is 0.335. The lowest BCUT2D eigenvalue weighted by Crippen LogP contribution is -2.10. The van der Waals surface area contributed by atoms with Gasteiger partial charge in [-0.2, -0.15) is 13.2 Å². The molecule has 8 heteroatoms. The predicted octanol–water partition coefficient (Wildman–Crippen LogP) is 3.31. The van der Waals surface area contributed by atoms with Gasteiger partial charge in [-0.3, -0.25) is 10.1 Å². The molecule has 0 atom stereocenters. The van der Waals surface area contributed by atoms with Crippen molar-refractivity contribution in [3.8, 4) is 0 Å². The van der Waals surface area contributed by atoms with Crippen molar-refractivity contribution >= 4 is 23.0 Å². The van der Waals surface area contributed by atoms with Crippen molar-refractivity contribution in [3.63, 3.8) is 0 Å². The summed E-state index contributed by atoms with van der Waals surface area (Å²) in [5.41, 5.74) is -2.46. The van der Waals surface area contributed by atoms with Crippen molar-refractivity contribution in [2.75, 3.05) is 12.4 Å². The third-order valence-corrected chi connectivity index (χ3v) is 2.05. The van der Waals surface area contributed by atoms with E-state index in [0.717, 1.165) is 6.07 Å². The molecule has 0 aliphatic heterocycles. The number of hydrogen-bond acceptors (Lipinski definition) is 3. The number of anilines is 1. The molecule has 0 fully saturated rings. The summed E-state index contributed by atoms with van der Waals surface area (Å²) >= 11 is 5.40. The molecular formula is C8H6ClF3N2O2. The van der Waals surface area contributed by atoms with Crippen LogP contribution in [0.25, 0.3) is 0 Å². The summed E-state index contributed by atoms with van der Waals surface area (Å²) in [6.07, 6.45) is -4.70. The second-order valence-electron chi connectivity index (χ2n) is 2.85. The average Bonchev–Trinajstić information content (AvgIpc) is 2.14. The normalized spacial score (nSPS) is 11.3. The number of alkyl halides is 3. The van der Waals surface area contributed by atoms with Gasteiger partial charge >= 0.3 is 6.18 Å². The van der Waals surface area contributed by atoms with Gasteiger partial charge in [-0.1, -0.05) is 11.6 Å². The molecule has 16 heavy (non-hydrogen) atoms. The Balaban J connectivity index is 3.55. The zero-order valence-electron chi connectivity index (χ0n) is 7.93. The highest BCUT2D eigenvalue weighted by atomic mass is 35.5. The number of halogens is 4. The zero-order chi connectivity index (χ0) is 12.5. The second kappa shape index (κ2) is 4.17. The smallest absolute Gasteiger partial charge is 0.382 e. The van der Waals surface area contributed by atoms with Crippen molar-refractivity contribution in [3.05, 3.63) is 32.8 Å². The van der Waals surface area contributed by atoms with Gasteiger partial charge in [0, 0.05) is 18.1 Å². The van der Waals surface area contributed by atoms with E-state index < -0.39 is 28.0 Å². The predicted molar refractivity (Wildman–Crippen MR) is 52.7 cm³/mol. The lowest BCUT2D eigenvalue weighted by molar-refractivity contribution is -0.384. The molecule has 0 saturated heterocycles. The van der Waals surface area contributed by atoms with E-state index in [1.165, 1.54) is 7.05 Å². The fourth-order valence-electron chi connectivity index (χ4n) is 1.22. The number of rotatable bonds is 2. The molecule has 0 amide bonds. The number of benzene rings is 1. The maximum absolute atomic E-state index is 12.5. The van der Waals surface area contributed by atoms with Gasteiger partial charge in [0.1, 0.15) is 5.69 Å². The molecule has 0 aliphatic rings. The highest BCUT2D eigenvalue weighted by Crippen LogP contribution is 2.41. The highest BCUT2D eigenvalue weighted by Gasteiger charge is 2.37. The van der Waals surface area contributed by atoms with E-state index in [1.807, 2.05) is 0 Å². The van der Waals surface area contributed by atoms with Crippen LogP contribution in [0, 0.1) is 10.1 Å². The molecule has 0 aromatic heterocycles. The molecule has 88 valence electrons. The standard InChI is InChI=1S/C8H6ClF3N2O2/c1-13-7-5(8(10,11)12)2-4(9)3-6(7)14(15)16/h2-3,13H,1H3. The van der Waals surface area contributed by atoms with Gasteiger partial charge in [0.25, 0.3) is 5.69 Å². The number of nitrogens with one attached hydrogen (secondary N) is 1. The molecular weight excluding hydrogens is 249 g/mol. The number of hydrogen-bond donors (Lipinski definition) is 1. The molecule has 1 N–H and O–H groups in total. The van der Waals surface area contributed by atoms with Crippen LogP contribution < -0.4 is 5.32 Å². The minimum atomic E-state index is -4.70. The molecule has 0 unspecified atom stereocenters. The van der Waals surface area contributed by atoms with E-state index in [4.69, 9.17) is 11.6 Å². The van der Waals surface area contributed by atoms with Crippen LogP contribution in [-0.2, 0) is 6.18 Å². The van der Waals surface area contributed by atoms with Crippen LogP contribution in [0.15, 0.2) is 12.1 Å². The maximum atomic E-state index is 12.5. The summed E-state index contributed by atoms with van der Waals surface area (Å²) in [5.74, 6) is 0. The Morgan fingerprint density at radius 1 is 1.44 bits per heavy atom. The van der Waals surface area contributed by atoms with Crippen molar-refractivity contribution in [1.82, 2.24) is 0 Å². The Morgan fingerprint density at radius 3 is 2.38 bits per heavy atom. The van der Waals surface area contributed by atoms with Crippen molar-refractivity contribution < 1.29 is 18.1 Å². The van der Waals surface area contributed by atoms with Crippen molar-refractivity contribution in [2.24, 2.45) is 0 Å². The van der Waals surface area contributed by atoms with Gasteiger partial charge in [-0.25, -0.2) is 0 Å². The van der Waals surface area contributed by atoms with Crippen LogP contribution in [0.5, 0.6) is 0 Å². The molecule has 0 saturated carbocycles. The summed E-state index contributed by atoms with van der Waals surface area (Å²) in [4.78, 5) is 9.63. The van der Waals surface area contributed by atoms with Crippen LogP contribution in [0.2, 0.25) is 5.02 Å². The van der Waals surface area contributed by atoms with Gasteiger partial charge in [-0.15, -0.1) is 0 Å². The largest absolute Gasteiger partial charge is 0.418 e. The summed E-state index contributed by atoms with van der Waals surface area (Å²) < 4.78 is 37.6. The Kier molecular flexibility index (Phi) is 3.27. The van der Waals surface area contributed by atoms with E-state index in [2.05, 4.69) is 5.32 Å². The number of nitro benzene ring substituents is 1. The summed E-state index contributed by atoms with van der Waals surface area (Å²) in [6.45, 7) is 0. The van der Waals surface area contributed by atoms with Gasteiger partial charge in [-0.05, 0) is 6.07 Å². The molecule has 1 aromatic carbocycles. The van der Waals surface area contributed by atoms with Gasteiger partial charge in [0.15, 0.2) is 0 Å². The quantitative estimate of drug-likeness (QED) is 0.651. The fraction of sp³-hybridized carbons (Fsp3) is 0.250. The molecule has 1 rings (SSSR count). The van der Waals surface area contributed by atoms with Crippen LogP contribution in [0.3, 0.4) is 0 Å². The molecule has 4 nitrogen and oxygen atoms in total. The summed E-state index contributed by atoms with van der Waals surface area (Å²) in [5, 5.41) is 12.4. The number of nitro groups is 1. The zero-order valence-corrected chi connectivity index (χ0v) is 8.69. The topological polar surface area (TPSA) is 55.2 Å². The van der Waals surface area contributed by atoms with E-state index in [0.29, 0.717) is 6.07 Å². The minimum Gasteiger partial charge on any atom is -0.382 e. The second-order valence-corrected chi connectivity index (χ2v) is 3.29. The first-order chi connectivity index (χ1) is 7.27. The monoisotopic (exact) mass is 254 g/mol. The fourth-order valence-corrected chi connectivity index (χ4v) is 1.44. The van der Waals surface area contributed by atoms with Crippen molar-refractivity contribution in [2.45, 2.75) is 6.18 Å². The lowest BCUT2D eigenvalue weighted by Gasteiger charge is -2.12. The SMILES string of the molecule is CNc1c([N+](=O)[O-])cc(Cl)cc1C(F)(F)F. The maximum Gasteiger partial charge on any atom is 0.418 e. The van der Waals surface area contributed by atoms with E-state index in [1.54, 1.807) is 0 Å². The number of nitrogens with zero attached hydrogens (tertiary/aromatic N) is 1. The first-order valence-electron chi connectivity index (χ1n) is 4.00. The summed E-state index contributed by atoms with van der Waals surface area (Å²) in [6, 6.07) is 1.50. The molecule has 0 spiro atoms. The van der Waals surface area contributed by atoms with Gasteiger partial charge in [0.2, 0.25) is 0 Å². The van der Waals surface area contributed by atoms with Crippen LogP contribution in [0.1, 0.15) is 5.56 Å². The van der Waals surface area contributed by atoms with Crippen LogP contribution in [-0.4, -0.2) is 12.0 Å². The first kappa shape index (κ1) is 12.6. The third kappa shape index (κ3) is 2.35. The molecule has 1 aromatic rings. The average molecular weight is 255 g/mol. The molecule has 0 radical (unpaired) electrons. The van der Waals surface area contributed by atoms with Crippen molar-refractivity contribution in [1.29, 1.82) is 0 Å². The van der Waals surface area contributed by atoms with Crippen LogP contribution >= 0.6 is 11.6 Å². The van der Waals surface area contributed by atoms with Gasteiger partial charge in [0.05, 0.1) is 10.5 Å². The Morgan fingerprint density at radius 2 is 2.00 bits per heavy atom. The highest BCUT2D eigenvalue weighted by molar-refractivity contribution is 6.31.